The van der Waals surface area contributed by atoms with Gasteiger partial charge in [-0.15, -0.1) is 0 Å². The Kier molecular flexibility index (Phi) is 6.58. The van der Waals surface area contributed by atoms with Crippen molar-refractivity contribution in [2.75, 3.05) is 26.1 Å². The van der Waals surface area contributed by atoms with E-state index in [1.807, 2.05) is 0 Å². The molecule has 0 bridgehead atoms. The molecule has 0 aromatic heterocycles. The predicted octanol–water partition coefficient (Wildman–Crippen LogP) is 4.42. The van der Waals surface area contributed by atoms with Crippen LogP contribution in [0.3, 0.4) is 0 Å². The van der Waals surface area contributed by atoms with Crippen LogP contribution >= 0.6 is 0 Å². The third-order valence-electron chi connectivity index (χ3n) is 5.50. The second-order valence-corrected chi connectivity index (χ2v) is 7.59. The van der Waals surface area contributed by atoms with Crippen molar-refractivity contribution in [3.63, 3.8) is 0 Å². The minimum absolute atomic E-state index is 0.0438. The van der Waals surface area contributed by atoms with Crippen LogP contribution in [-0.4, -0.2) is 37.5 Å². The molecule has 1 aliphatic rings. The zero-order valence-electron chi connectivity index (χ0n) is 18.6. The van der Waals surface area contributed by atoms with E-state index in [9.17, 15) is 18.4 Å². The molecular formula is C26H22F2N2O4. The molecule has 0 radical (unpaired) electrons. The molecule has 1 aliphatic heterocycles. The van der Waals surface area contributed by atoms with Gasteiger partial charge in [-0.3, -0.25) is 14.5 Å². The Morgan fingerprint density at radius 1 is 0.824 bits per heavy atom. The number of carbonyl (C=O) groups excluding carboxylic acids is 2. The van der Waals surface area contributed by atoms with Crippen LogP contribution in [0.1, 0.15) is 11.1 Å². The summed E-state index contributed by atoms with van der Waals surface area (Å²) in [5, 5.41) is 3.03. The second kappa shape index (κ2) is 9.74. The number of ether oxygens (including phenoxy) is 2. The number of hydrogen-bond donors (Lipinski definition) is 1. The molecule has 0 unspecified atom stereocenters. The zero-order chi connectivity index (χ0) is 24.2. The number of benzene rings is 3. The Labute approximate surface area is 195 Å². The van der Waals surface area contributed by atoms with Crippen LogP contribution in [0.15, 0.2) is 72.4 Å². The molecule has 0 aliphatic carbocycles. The van der Waals surface area contributed by atoms with Gasteiger partial charge in [0.05, 0.1) is 25.5 Å². The SMILES string of the molecule is COc1ccc(OC)c(NC2=C(c3ccc(F)cc3)C(=O)N(CCc3ccc(F)cc3)C2=O)c1. The van der Waals surface area contributed by atoms with Gasteiger partial charge in [0.2, 0.25) is 0 Å². The monoisotopic (exact) mass is 464 g/mol. The van der Waals surface area contributed by atoms with Crippen LogP contribution in [0, 0.1) is 11.6 Å². The van der Waals surface area contributed by atoms with Crippen LogP contribution in [0.5, 0.6) is 11.5 Å². The molecule has 1 N–H and O–H groups in total. The van der Waals surface area contributed by atoms with E-state index in [2.05, 4.69) is 5.32 Å². The molecule has 174 valence electrons. The highest BCUT2D eigenvalue weighted by molar-refractivity contribution is 6.36. The van der Waals surface area contributed by atoms with Crippen molar-refractivity contribution in [2.24, 2.45) is 0 Å². The normalized spacial score (nSPS) is 13.5. The number of nitrogens with zero attached hydrogens (tertiary/aromatic N) is 1. The topological polar surface area (TPSA) is 67.9 Å². The number of hydrogen-bond acceptors (Lipinski definition) is 5. The van der Waals surface area contributed by atoms with Crippen LogP contribution in [0.4, 0.5) is 14.5 Å². The van der Waals surface area contributed by atoms with Gasteiger partial charge < -0.3 is 14.8 Å². The van der Waals surface area contributed by atoms with E-state index in [1.165, 1.54) is 50.6 Å². The number of carbonyl (C=O) groups is 2. The first-order valence-corrected chi connectivity index (χ1v) is 10.5. The minimum Gasteiger partial charge on any atom is -0.497 e. The standard InChI is InChI=1S/C26H22F2N2O4/c1-33-20-11-12-22(34-2)21(15-20)29-24-23(17-5-9-19(28)10-6-17)25(31)30(26(24)32)14-13-16-3-7-18(27)8-4-16/h3-12,15,29H,13-14H2,1-2H3. The Morgan fingerprint density at radius 3 is 2.09 bits per heavy atom. The molecule has 3 aromatic carbocycles. The summed E-state index contributed by atoms with van der Waals surface area (Å²) in [5.74, 6) is -0.900. The smallest absolute Gasteiger partial charge is 0.278 e. The van der Waals surface area contributed by atoms with Crippen LogP contribution < -0.4 is 14.8 Å². The first-order valence-electron chi connectivity index (χ1n) is 10.5. The largest absolute Gasteiger partial charge is 0.497 e. The fourth-order valence-electron chi connectivity index (χ4n) is 3.72. The molecule has 8 heteroatoms. The van der Waals surface area contributed by atoms with E-state index in [0.717, 1.165) is 10.5 Å². The Morgan fingerprint density at radius 2 is 1.47 bits per heavy atom. The van der Waals surface area contributed by atoms with Crippen LogP contribution in [0.2, 0.25) is 0 Å². The zero-order valence-corrected chi connectivity index (χ0v) is 18.6. The third kappa shape index (κ3) is 4.61. The van der Waals surface area contributed by atoms with Crippen molar-refractivity contribution >= 4 is 23.1 Å². The molecule has 0 spiro atoms. The van der Waals surface area contributed by atoms with Crippen molar-refractivity contribution in [1.82, 2.24) is 4.90 Å². The maximum atomic E-state index is 13.5. The number of rotatable bonds is 8. The van der Waals surface area contributed by atoms with Crippen LogP contribution in [-0.2, 0) is 16.0 Å². The third-order valence-corrected chi connectivity index (χ3v) is 5.50. The maximum Gasteiger partial charge on any atom is 0.278 e. The van der Waals surface area contributed by atoms with Crippen LogP contribution in [0.25, 0.3) is 5.57 Å². The van der Waals surface area contributed by atoms with E-state index in [0.29, 0.717) is 29.2 Å². The summed E-state index contributed by atoms with van der Waals surface area (Å²) >= 11 is 0. The van der Waals surface area contributed by atoms with Gasteiger partial charge in [-0.2, -0.15) is 0 Å². The highest BCUT2D eigenvalue weighted by atomic mass is 19.1. The quantitative estimate of drug-likeness (QED) is 0.500. The van der Waals surface area contributed by atoms with E-state index in [1.54, 1.807) is 30.3 Å². The molecule has 6 nitrogen and oxygen atoms in total. The molecule has 2 amide bonds. The average molecular weight is 464 g/mol. The van der Waals surface area contributed by atoms with Crippen molar-refractivity contribution in [1.29, 1.82) is 0 Å². The molecule has 0 saturated heterocycles. The van der Waals surface area contributed by atoms with Gasteiger partial charge >= 0.3 is 0 Å². The molecule has 0 saturated carbocycles. The van der Waals surface area contributed by atoms with Crippen molar-refractivity contribution in [3.05, 3.63) is 95.2 Å². The van der Waals surface area contributed by atoms with E-state index < -0.39 is 17.6 Å². The molecule has 4 rings (SSSR count). The summed E-state index contributed by atoms with van der Waals surface area (Å²) in [6.07, 6.45) is 0.351. The van der Waals surface area contributed by atoms with Gasteiger partial charge in [0.25, 0.3) is 11.8 Å². The number of nitrogens with one attached hydrogen (secondary N) is 1. The predicted molar refractivity (Wildman–Crippen MR) is 123 cm³/mol. The number of methoxy groups -OCH3 is 2. The lowest BCUT2D eigenvalue weighted by molar-refractivity contribution is -0.136. The molecule has 0 fully saturated rings. The Balaban J connectivity index is 1.70. The maximum absolute atomic E-state index is 13.5. The Hall–Kier alpha value is -4.20. The summed E-state index contributed by atoms with van der Waals surface area (Å²) in [4.78, 5) is 27.9. The van der Waals surface area contributed by atoms with Gasteiger partial charge in [0, 0.05) is 12.6 Å². The highest BCUT2D eigenvalue weighted by Gasteiger charge is 2.39. The molecule has 1 heterocycles. The summed E-state index contributed by atoms with van der Waals surface area (Å²) in [6, 6.07) is 16.2. The van der Waals surface area contributed by atoms with Gasteiger partial charge in [0.15, 0.2) is 0 Å². The minimum atomic E-state index is -0.531. The lowest BCUT2D eigenvalue weighted by atomic mass is 10.0. The first-order chi connectivity index (χ1) is 16.4. The van der Waals surface area contributed by atoms with Gasteiger partial charge in [-0.25, -0.2) is 8.78 Å². The first kappa shape index (κ1) is 23.0. The van der Waals surface area contributed by atoms with E-state index >= 15 is 0 Å². The van der Waals surface area contributed by atoms with Crippen molar-refractivity contribution in [3.8, 4) is 11.5 Å². The summed E-state index contributed by atoms with van der Waals surface area (Å²) < 4.78 is 37.4. The lowest BCUT2D eigenvalue weighted by Crippen LogP contribution is -2.34. The molecule has 34 heavy (non-hydrogen) atoms. The number of halogens is 2. The van der Waals surface area contributed by atoms with Crippen molar-refractivity contribution < 1.29 is 27.8 Å². The fraction of sp³-hybridized carbons (Fsp3) is 0.154. The average Bonchev–Trinajstić information content (AvgIpc) is 3.08. The molecule has 3 aromatic rings. The van der Waals surface area contributed by atoms with Gasteiger partial charge in [-0.1, -0.05) is 24.3 Å². The summed E-state index contributed by atoms with van der Waals surface area (Å²) in [5.41, 5.74) is 1.77. The number of anilines is 1. The fourth-order valence-corrected chi connectivity index (χ4v) is 3.72. The van der Waals surface area contributed by atoms with E-state index in [-0.39, 0.29) is 23.6 Å². The highest BCUT2D eigenvalue weighted by Crippen LogP contribution is 2.35. The summed E-state index contributed by atoms with van der Waals surface area (Å²) in [7, 11) is 3.00. The van der Waals surface area contributed by atoms with Gasteiger partial charge in [0.1, 0.15) is 28.8 Å². The molecule has 0 atom stereocenters. The number of imide groups is 1. The summed E-state index contributed by atoms with van der Waals surface area (Å²) in [6.45, 7) is 0.0917. The number of amides is 2. The van der Waals surface area contributed by atoms with Crippen molar-refractivity contribution in [2.45, 2.75) is 6.42 Å². The van der Waals surface area contributed by atoms with Gasteiger partial charge in [-0.05, 0) is 53.9 Å². The second-order valence-electron chi connectivity index (χ2n) is 7.59. The lowest BCUT2D eigenvalue weighted by Gasteiger charge is -2.16. The Bertz CT molecular complexity index is 1250. The van der Waals surface area contributed by atoms with E-state index in [4.69, 9.17) is 9.47 Å². The molecular weight excluding hydrogens is 442 g/mol.